The predicted octanol–water partition coefficient (Wildman–Crippen LogP) is 2.47. The van der Waals surface area contributed by atoms with Gasteiger partial charge < -0.3 is 8.83 Å². The van der Waals surface area contributed by atoms with Crippen molar-refractivity contribution in [2.75, 3.05) is 0 Å². The highest BCUT2D eigenvalue weighted by Gasteiger charge is 2.01. The molecule has 0 fully saturated rings. The summed E-state index contributed by atoms with van der Waals surface area (Å²) in [6.07, 6.45) is 7.46. The first-order valence-electron chi connectivity index (χ1n) is 4.42. The number of aryl methyl sites for hydroxylation is 2. The third-order valence-electron chi connectivity index (χ3n) is 2.07. The molecule has 2 rings (SSSR count). The SMILES string of the molecule is O=Cc1cc(CCc2ccoc2)co1. The fourth-order valence-corrected chi connectivity index (χ4v) is 1.31. The maximum atomic E-state index is 10.3. The minimum absolute atomic E-state index is 0.382. The molecule has 2 aromatic heterocycles. The van der Waals surface area contributed by atoms with Crippen LogP contribution in [0.5, 0.6) is 0 Å². The standard InChI is InChI=1S/C11H10O3/c12-6-11-5-10(8-14-11)2-1-9-3-4-13-7-9/h3-8H,1-2H2. The third kappa shape index (κ3) is 1.93. The highest BCUT2D eigenvalue weighted by atomic mass is 16.3. The maximum Gasteiger partial charge on any atom is 0.185 e. The first kappa shape index (κ1) is 8.81. The molecule has 0 radical (unpaired) electrons. The van der Waals surface area contributed by atoms with Crippen molar-refractivity contribution in [1.29, 1.82) is 0 Å². The summed E-state index contributed by atoms with van der Waals surface area (Å²) in [5.74, 6) is 0.382. The summed E-state index contributed by atoms with van der Waals surface area (Å²) in [5, 5.41) is 0. The van der Waals surface area contributed by atoms with Crippen LogP contribution in [0.25, 0.3) is 0 Å². The quantitative estimate of drug-likeness (QED) is 0.695. The molecule has 0 N–H and O–H groups in total. The Bertz CT molecular complexity index is 398. The minimum atomic E-state index is 0.382. The van der Waals surface area contributed by atoms with Crippen molar-refractivity contribution >= 4 is 6.29 Å². The van der Waals surface area contributed by atoms with Gasteiger partial charge in [-0.05, 0) is 36.1 Å². The van der Waals surface area contributed by atoms with Gasteiger partial charge in [-0.15, -0.1) is 0 Å². The zero-order chi connectivity index (χ0) is 9.80. The molecule has 0 aromatic carbocycles. The van der Waals surface area contributed by atoms with E-state index in [4.69, 9.17) is 8.83 Å². The molecule has 72 valence electrons. The van der Waals surface area contributed by atoms with Crippen LogP contribution < -0.4 is 0 Å². The van der Waals surface area contributed by atoms with Gasteiger partial charge in [0.25, 0.3) is 0 Å². The van der Waals surface area contributed by atoms with Gasteiger partial charge in [0.15, 0.2) is 12.0 Å². The van der Waals surface area contributed by atoms with Crippen molar-refractivity contribution < 1.29 is 13.6 Å². The Hall–Kier alpha value is -1.77. The van der Waals surface area contributed by atoms with E-state index in [2.05, 4.69) is 0 Å². The Labute approximate surface area is 81.3 Å². The Balaban J connectivity index is 1.95. The van der Waals surface area contributed by atoms with Crippen LogP contribution in [0.15, 0.2) is 39.8 Å². The molecular formula is C11H10O3. The molecular weight excluding hydrogens is 180 g/mol. The highest BCUT2D eigenvalue weighted by molar-refractivity contribution is 5.70. The van der Waals surface area contributed by atoms with E-state index < -0.39 is 0 Å². The van der Waals surface area contributed by atoms with Gasteiger partial charge in [-0.25, -0.2) is 0 Å². The zero-order valence-corrected chi connectivity index (χ0v) is 7.60. The van der Waals surface area contributed by atoms with Crippen molar-refractivity contribution in [2.24, 2.45) is 0 Å². The Morgan fingerprint density at radius 1 is 1.21 bits per heavy atom. The van der Waals surface area contributed by atoms with Crippen molar-refractivity contribution in [3.05, 3.63) is 47.8 Å². The van der Waals surface area contributed by atoms with Gasteiger partial charge in [0, 0.05) is 0 Å². The first-order valence-corrected chi connectivity index (χ1v) is 4.42. The van der Waals surface area contributed by atoms with E-state index in [-0.39, 0.29) is 0 Å². The monoisotopic (exact) mass is 190 g/mol. The van der Waals surface area contributed by atoms with E-state index in [1.807, 2.05) is 6.07 Å². The molecule has 0 aliphatic rings. The van der Waals surface area contributed by atoms with Crippen LogP contribution in [0.4, 0.5) is 0 Å². The second kappa shape index (κ2) is 3.96. The largest absolute Gasteiger partial charge is 0.472 e. The number of hydrogen-bond donors (Lipinski definition) is 0. The van der Waals surface area contributed by atoms with E-state index >= 15 is 0 Å². The molecule has 2 aromatic rings. The van der Waals surface area contributed by atoms with E-state index in [1.165, 1.54) is 0 Å². The van der Waals surface area contributed by atoms with E-state index in [0.717, 1.165) is 24.0 Å². The molecule has 0 atom stereocenters. The fourth-order valence-electron chi connectivity index (χ4n) is 1.31. The van der Waals surface area contributed by atoms with Crippen LogP contribution in [0, 0.1) is 0 Å². The average Bonchev–Trinajstić information content (AvgIpc) is 2.86. The van der Waals surface area contributed by atoms with Crippen LogP contribution in [0.2, 0.25) is 0 Å². The smallest absolute Gasteiger partial charge is 0.185 e. The summed E-state index contributed by atoms with van der Waals surface area (Å²) in [6, 6.07) is 3.69. The Morgan fingerprint density at radius 2 is 2.07 bits per heavy atom. The Kier molecular flexibility index (Phi) is 2.49. The van der Waals surface area contributed by atoms with Crippen molar-refractivity contribution in [2.45, 2.75) is 12.8 Å². The van der Waals surface area contributed by atoms with Gasteiger partial charge in [0.1, 0.15) is 0 Å². The molecule has 3 nitrogen and oxygen atoms in total. The normalized spacial score (nSPS) is 10.3. The number of carbonyl (C=O) groups excluding carboxylic acids is 1. The molecule has 0 amide bonds. The number of hydrogen-bond acceptors (Lipinski definition) is 3. The van der Waals surface area contributed by atoms with Crippen LogP contribution in [-0.2, 0) is 12.8 Å². The number of rotatable bonds is 4. The lowest BCUT2D eigenvalue weighted by molar-refractivity contribution is 0.110. The summed E-state index contributed by atoms with van der Waals surface area (Å²) in [4.78, 5) is 10.3. The van der Waals surface area contributed by atoms with Gasteiger partial charge in [-0.1, -0.05) is 0 Å². The lowest BCUT2D eigenvalue weighted by atomic mass is 10.1. The molecule has 14 heavy (non-hydrogen) atoms. The molecule has 2 heterocycles. The molecule has 0 saturated heterocycles. The van der Waals surface area contributed by atoms with Crippen molar-refractivity contribution in [3.8, 4) is 0 Å². The molecule has 0 aliphatic carbocycles. The van der Waals surface area contributed by atoms with Gasteiger partial charge >= 0.3 is 0 Å². The number of carbonyl (C=O) groups is 1. The number of aldehydes is 1. The maximum absolute atomic E-state index is 10.3. The van der Waals surface area contributed by atoms with Gasteiger partial charge in [0.05, 0.1) is 18.8 Å². The summed E-state index contributed by atoms with van der Waals surface area (Å²) in [6.45, 7) is 0. The van der Waals surface area contributed by atoms with E-state index in [9.17, 15) is 4.79 Å². The minimum Gasteiger partial charge on any atom is -0.472 e. The fraction of sp³-hybridized carbons (Fsp3) is 0.182. The van der Waals surface area contributed by atoms with Crippen molar-refractivity contribution in [1.82, 2.24) is 0 Å². The molecule has 0 unspecified atom stereocenters. The lowest BCUT2D eigenvalue weighted by Gasteiger charge is -1.92. The lowest BCUT2D eigenvalue weighted by Crippen LogP contribution is -1.86. The summed E-state index contributed by atoms with van der Waals surface area (Å²) in [7, 11) is 0. The second-order valence-electron chi connectivity index (χ2n) is 3.11. The average molecular weight is 190 g/mol. The number of furan rings is 2. The summed E-state index contributed by atoms with van der Waals surface area (Å²) < 4.78 is 9.94. The molecule has 0 spiro atoms. The summed E-state index contributed by atoms with van der Waals surface area (Å²) >= 11 is 0. The summed E-state index contributed by atoms with van der Waals surface area (Å²) in [5.41, 5.74) is 2.19. The second-order valence-corrected chi connectivity index (χ2v) is 3.11. The van der Waals surface area contributed by atoms with Crippen LogP contribution in [-0.4, -0.2) is 6.29 Å². The first-order chi connectivity index (χ1) is 6.88. The Morgan fingerprint density at radius 3 is 2.71 bits per heavy atom. The molecule has 0 bridgehead atoms. The molecule has 3 heteroatoms. The van der Waals surface area contributed by atoms with Crippen molar-refractivity contribution in [3.63, 3.8) is 0 Å². The topological polar surface area (TPSA) is 43.4 Å². The highest BCUT2D eigenvalue weighted by Crippen LogP contribution is 2.10. The van der Waals surface area contributed by atoms with Crippen LogP contribution >= 0.6 is 0 Å². The third-order valence-corrected chi connectivity index (χ3v) is 2.07. The van der Waals surface area contributed by atoms with E-state index in [1.54, 1.807) is 24.9 Å². The van der Waals surface area contributed by atoms with Crippen LogP contribution in [0.1, 0.15) is 21.7 Å². The molecule has 0 aliphatic heterocycles. The zero-order valence-electron chi connectivity index (χ0n) is 7.60. The van der Waals surface area contributed by atoms with Crippen LogP contribution in [0.3, 0.4) is 0 Å². The predicted molar refractivity (Wildman–Crippen MR) is 50.2 cm³/mol. The van der Waals surface area contributed by atoms with Gasteiger partial charge in [-0.2, -0.15) is 0 Å². The van der Waals surface area contributed by atoms with Gasteiger partial charge in [-0.3, -0.25) is 4.79 Å². The van der Waals surface area contributed by atoms with E-state index in [0.29, 0.717) is 12.0 Å². The van der Waals surface area contributed by atoms with Gasteiger partial charge in [0.2, 0.25) is 0 Å². The molecule has 0 saturated carbocycles.